The van der Waals surface area contributed by atoms with E-state index in [4.69, 9.17) is 16.3 Å². The molecule has 2 nitrogen and oxygen atoms in total. The van der Waals surface area contributed by atoms with Crippen LogP contribution in [0.3, 0.4) is 0 Å². The number of halogens is 1. The number of hydrogen-bond donors (Lipinski definition) is 0. The van der Waals surface area contributed by atoms with E-state index in [-0.39, 0.29) is 12.4 Å². The number of benzene rings is 2. The molecule has 0 aliphatic heterocycles. The SMILES string of the molecule is CSc1ccc(OCC(=O)c2ccccc2Cl)cc1. The van der Waals surface area contributed by atoms with Gasteiger partial charge in [-0.1, -0.05) is 23.7 Å². The Morgan fingerprint density at radius 2 is 1.84 bits per heavy atom. The van der Waals surface area contributed by atoms with Crippen LogP contribution in [0.1, 0.15) is 10.4 Å². The molecule has 0 saturated heterocycles. The molecule has 98 valence electrons. The molecule has 0 aliphatic rings. The first-order chi connectivity index (χ1) is 9.20. The molecule has 2 rings (SSSR count). The van der Waals surface area contributed by atoms with Gasteiger partial charge in [-0.15, -0.1) is 11.8 Å². The molecule has 0 heterocycles. The van der Waals surface area contributed by atoms with Crippen LogP contribution in [-0.4, -0.2) is 18.6 Å². The van der Waals surface area contributed by atoms with E-state index >= 15 is 0 Å². The Kier molecular flexibility index (Phi) is 4.88. The smallest absolute Gasteiger partial charge is 0.201 e. The fourth-order valence-corrected chi connectivity index (χ4v) is 2.24. The van der Waals surface area contributed by atoms with Crippen molar-refractivity contribution >= 4 is 29.1 Å². The Bertz CT molecular complexity index is 567. The van der Waals surface area contributed by atoms with Crippen LogP contribution >= 0.6 is 23.4 Å². The van der Waals surface area contributed by atoms with Gasteiger partial charge in [0.25, 0.3) is 0 Å². The maximum atomic E-state index is 11.9. The lowest BCUT2D eigenvalue weighted by Crippen LogP contribution is -2.11. The van der Waals surface area contributed by atoms with Crippen LogP contribution in [0.25, 0.3) is 0 Å². The second-order valence-electron chi connectivity index (χ2n) is 3.87. The number of Topliss-reactive ketones (excluding diaryl/α,β-unsaturated/α-hetero) is 1. The lowest BCUT2D eigenvalue weighted by Gasteiger charge is -2.07. The third-order valence-corrected chi connectivity index (χ3v) is 3.68. The highest BCUT2D eigenvalue weighted by atomic mass is 35.5. The highest BCUT2D eigenvalue weighted by Gasteiger charge is 2.10. The number of carbonyl (C=O) groups is 1. The Morgan fingerprint density at radius 3 is 2.47 bits per heavy atom. The van der Waals surface area contributed by atoms with Gasteiger partial charge in [-0.2, -0.15) is 0 Å². The van der Waals surface area contributed by atoms with Crippen molar-refractivity contribution in [2.24, 2.45) is 0 Å². The largest absolute Gasteiger partial charge is 0.485 e. The summed E-state index contributed by atoms with van der Waals surface area (Å²) in [6, 6.07) is 14.6. The number of carbonyl (C=O) groups excluding carboxylic acids is 1. The Morgan fingerprint density at radius 1 is 1.16 bits per heavy atom. The number of rotatable bonds is 5. The molecule has 0 atom stereocenters. The van der Waals surface area contributed by atoms with Crippen molar-refractivity contribution in [3.8, 4) is 5.75 Å². The molecule has 0 saturated carbocycles. The molecule has 19 heavy (non-hydrogen) atoms. The van der Waals surface area contributed by atoms with Crippen molar-refractivity contribution in [3.63, 3.8) is 0 Å². The Labute approximate surface area is 121 Å². The molecule has 2 aromatic carbocycles. The van der Waals surface area contributed by atoms with E-state index in [2.05, 4.69) is 0 Å². The monoisotopic (exact) mass is 292 g/mol. The summed E-state index contributed by atoms with van der Waals surface area (Å²) >= 11 is 7.62. The van der Waals surface area contributed by atoms with Gasteiger partial charge in [0, 0.05) is 10.5 Å². The first kappa shape index (κ1) is 14.0. The van der Waals surface area contributed by atoms with Gasteiger partial charge in [0.2, 0.25) is 5.78 Å². The quantitative estimate of drug-likeness (QED) is 0.606. The molecule has 0 fully saturated rings. The van der Waals surface area contributed by atoms with E-state index in [0.717, 1.165) is 4.90 Å². The topological polar surface area (TPSA) is 26.3 Å². The highest BCUT2D eigenvalue weighted by molar-refractivity contribution is 7.98. The van der Waals surface area contributed by atoms with E-state index in [1.165, 1.54) is 0 Å². The molecular weight excluding hydrogens is 280 g/mol. The van der Waals surface area contributed by atoms with Crippen molar-refractivity contribution in [2.45, 2.75) is 4.90 Å². The Balaban J connectivity index is 1.98. The molecule has 0 aromatic heterocycles. The maximum Gasteiger partial charge on any atom is 0.201 e. The summed E-state index contributed by atoms with van der Waals surface area (Å²) in [6.45, 7) is -0.0116. The van der Waals surface area contributed by atoms with Gasteiger partial charge in [-0.3, -0.25) is 4.79 Å². The number of ketones is 1. The zero-order chi connectivity index (χ0) is 13.7. The number of hydrogen-bond acceptors (Lipinski definition) is 3. The normalized spacial score (nSPS) is 10.2. The summed E-state index contributed by atoms with van der Waals surface area (Å²) in [6.07, 6.45) is 2.01. The summed E-state index contributed by atoms with van der Waals surface area (Å²) in [5, 5.41) is 0.453. The van der Waals surface area contributed by atoms with E-state index in [1.807, 2.05) is 30.5 Å². The van der Waals surface area contributed by atoms with E-state index in [9.17, 15) is 4.79 Å². The van der Waals surface area contributed by atoms with Crippen LogP contribution in [-0.2, 0) is 0 Å². The predicted molar refractivity (Wildman–Crippen MR) is 79.5 cm³/mol. The minimum atomic E-state index is -0.125. The molecular formula is C15H13ClO2S. The molecule has 0 bridgehead atoms. The number of ether oxygens (including phenoxy) is 1. The molecule has 0 spiro atoms. The molecule has 0 N–H and O–H groups in total. The van der Waals surface area contributed by atoms with E-state index in [1.54, 1.807) is 36.0 Å². The van der Waals surface area contributed by atoms with Crippen LogP contribution in [0.4, 0.5) is 0 Å². The van der Waals surface area contributed by atoms with Gasteiger partial charge < -0.3 is 4.74 Å². The van der Waals surface area contributed by atoms with Crippen LogP contribution in [0.2, 0.25) is 5.02 Å². The minimum Gasteiger partial charge on any atom is -0.485 e. The van der Waals surface area contributed by atoms with Crippen LogP contribution in [0.15, 0.2) is 53.4 Å². The van der Waals surface area contributed by atoms with Gasteiger partial charge in [0.1, 0.15) is 5.75 Å². The standard InChI is InChI=1S/C15H13ClO2S/c1-19-12-8-6-11(7-9-12)18-10-15(17)13-4-2-3-5-14(13)16/h2-9H,10H2,1H3. The van der Waals surface area contributed by atoms with Crippen molar-refractivity contribution < 1.29 is 9.53 Å². The van der Waals surface area contributed by atoms with Gasteiger partial charge in [-0.25, -0.2) is 0 Å². The summed E-state index contributed by atoms with van der Waals surface area (Å²) in [4.78, 5) is 13.1. The lowest BCUT2D eigenvalue weighted by molar-refractivity contribution is 0.0921. The van der Waals surface area contributed by atoms with E-state index < -0.39 is 0 Å². The van der Waals surface area contributed by atoms with Crippen LogP contribution < -0.4 is 4.74 Å². The average Bonchev–Trinajstić information content (AvgIpc) is 2.46. The summed E-state index contributed by atoms with van der Waals surface area (Å²) in [5.74, 6) is 0.553. The van der Waals surface area contributed by atoms with Crippen LogP contribution in [0, 0.1) is 0 Å². The van der Waals surface area contributed by atoms with Gasteiger partial charge in [0.15, 0.2) is 6.61 Å². The van der Waals surface area contributed by atoms with Crippen LogP contribution in [0.5, 0.6) is 5.75 Å². The fraction of sp³-hybridized carbons (Fsp3) is 0.133. The van der Waals surface area contributed by atoms with Crippen molar-refractivity contribution in [2.75, 3.05) is 12.9 Å². The zero-order valence-electron chi connectivity index (χ0n) is 10.4. The first-order valence-electron chi connectivity index (χ1n) is 5.75. The van der Waals surface area contributed by atoms with Crippen molar-refractivity contribution in [1.82, 2.24) is 0 Å². The number of thioether (sulfide) groups is 1. The molecule has 0 aliphatic carbocycles. The summed E-state index contributed by atoms with van der Waals surface area (Å²) in [5.41, 5.74) is 0.491. The second-order valence-corrected chi connectivity index (χ2v) is 5.15. The van der Waals surface area contributed by atoms with Gasteiger partial charge >= 0.3 is 0 Å². The molecule has 0 unspecified atom stereocenters. The summed E-state index contributed by atoms with van der Waals surface area (Å²) in [7, 11) is 0. The molecule has 4 heteroatoms. The molecule has 2 aromatic rings. The predicted octanol–water partition coefficient (Wildman–Crippen LogP) is 4.32. The maximum absolute atomic E-state index is 11.9. The van der Waals surface area contributed by atoms with Gasteiger partial charge in [0.05, 0.1) is 5.02 Å². The van der Waals surface area contributed by atoms with Crippen molar-refractivity contribution in [1.29, 1.82) is 0 Å². The molecule has 0 radical (unpaired) electrons. The first-order valence-corrected chi connectivity index (χ1v) is 7.35. The highest BCUT2D eigenvalue weighted by Crippen LogP contribution is 2.20. The van der Waals surface area contributed by atoms with Gasteiger partial charge in [-0.05, 0) is 42.7 Å². The summed E-state index contributed by atoms with van der Waals surface area (Å²) < 4.78 is 5.46. The minimum absolute atomic E-state index is 0.0116. The van der Waals surface area contributed by atoms with E-state index in [0.29, 0.717) is 16.3 Å². The Hall–Kier alpha value is -1.45. The third-order valence-electron chi connectivity index (χ3n) is 2.60. The fourth-order valence-electron chi connectivity index (χ4n) is 1.59. The lowest BCUT2D eigenvalue weighted by atomic mass is 10.1. The average molecular weight is 293 g/mol. The van der Waals surface area contributed by atoms with Crippen molar-refractivity contribution in [3.05, 3.63) is 59.1 Å². The third kappa shape index (κ3) is 3.75. The zero-order valence-corrected chi connectivity index (χ0v) is 12.0. The molecule has 0 amide bonds. The second kappa shape index (κ2) is 6.64.